The molecular weight excluding hydrogens is 330 g/mol. The second-order valence-electron chi connectivity index (χ2n) is 5.49. The van der Waals surface area contributed by atoms with E-state index >= 15 is 0 Å². The minimum atomic E-state index is -2.82. The van der Waals surface area contributed by atoms with Gasteiger partial charge < -0.3 is 40.3 Å². The number of hydrogen-bond donors (Lipinski definition) is 6. The topological polar surface area (TPSA) is 183 Å². The van der Waals surface area contributed by atoms with Crippen LogP contribution in [0, 0.1) is 0 Å². The number of ether oxygens (including phenoxy) is 2. The maximum atomic E-state index is 11.4. The molecule has 1 fully saturated rings. The van der Waals surface area contributed by atoms with Crippen molar-refractivity contribution in [2.45, 2.75) is 56.5 Å². The molecule has 1 saturated heterocycles. The molecule has 6 atom stereocenters. The monoisotopic (exact) mass is 351 g/mol. The third-order valence-electron chi connectivity index (χ3n) is 3.50. The van der Waals surface area contributed by atoms with E-state index in [2.05, 4.69) is 5.32 Å². The van der Waals surface area contributed by atoms with Gasteiger partial charge in [0, 0.05) is 13.8 Å². The molecule has 0 saturated carbocycles. The molecule has 1 aliphatic heterocycles. The fourth-order valence-corrected chi connectivity index (χ4v) is 2.44. The largest absolute Gasteiger partial charge is 0.477 e. The van der Waals surface area contributed by atoms with Gasteiger partial charge in [-0.3, -0.25) is 9.59 Å². The van der Waals surface area contributed by atoms with Crippen LogP contribution >= 0.6 is 0 Å². The van der Waals surface area contributed by atoms with Crippen LogP contribution in [-0.4, -0.2) is 86.2 Å². The molecule has 0 bridgehead atoms. The minimum absolute atomic E-state index is 0.614. The Morgan fingerprint density at radius 2 is 1.92 bits per heavy atom. The highest BCUT2D eigenvalue weighted by Crippen LogP contribution is 2.32. The Kier molecular flexibility index (Phi) is 6.63. The van der Waals surface area contributed by atoms with Crippen molar-refractivity contribution < 1.29 is 49.4 Å². The molecule has 0 aliphatic carbocycles. The maximum Gasteiger partial charge on any atom is 0.364 e. The molecule has 1 aliphatic rings. The van der Waals surface area contributed by atoms with Gasteiger partial charge in [-0.2, -0.15) is 0 Å². The third kappa shape index (κ3) is 4.61. The van der Waals surface area contributed by atoms with Crippen molar-refractivity contribution in [3.05, 3.63) is 0 Å². The highest BCUT2D eigenvalue weighted by atomic mass is 16.7. The molecule has 0 aromatic carbocycles. The van der Waals surface area contributed by atoms with Crippen LogP contribution < -0.4 is 5.32 Å². The van der Waals surface area contributed by atoms with Crippen LogP contribution in [0.3, 0.4) is 0 Å². The Balaban J connectivity index is 3.25. The predicted octanol–water partition coefficient (Wildman–Crippen LogP) is -3.30. The number of hydrogen-bond acceptors (Lipinski definition) is 9. The van der Waals surface area contributed by atoms with Crippen molar-refractivity contribution >= 4 is 17.8 Å². The summed E-state index contributed by atoms with van der Waals surface area (Å²) in [5.41, 5.74) is 0. The second kappa shape index (κ2) is 7.85. The number of amides is 1. The highest BCUT2D eigenvalue weighted by Gasteiger charge is 2.55. The van der Waals surface area contributed by atoms with E-state index in [4.69, 9.17) is 19.7 Å². The van der Waals surface area contributed by atoms with Crippen LogP contribution in [0.1, 0.15) is 20.3 Å². The Hall–Kier alpha value is -1.79. The van der Waals surface area contributed by atoms with Gasteiger partial charge >= 0.3 is 11.9 Å². The van der Waals surface area contributed by atoms with Gasteiger partial charge in [0.25, 0.3) is 5.79 Å². The zero-order valence-electron chi connectivity index (χ0n) is 13.1. The van der Waals surface area contributed by atoms with Gasteiger partial charge in [-0.1, -0.05) is 0 Å². The van der Waals surface area contributed by atoms with Crippen molar-refractivity contribution in [2.24, 2.45) is 0 Å². The van der Waals surface area contributed by atoms with Gasteiger partial charge in [0.15, 0.2) is 0 Å². The summed E-state index contributed by atoms with van der Waals surface area (Å²) in [6.07, 6.45) is -7.37. The molecule has 0 aromatic rings. The summed E-state index contributed by atoms with van der Waals surface area (Å²) in [4.78, 5) is 33.8. The third-order valence-corrected chi connectivity index (χ3v) is 3.50. The van der Waals surface area contributed by atoms with Crippen LogP contribution in [0.2, 0.25) is 0 Å². The smallest absolute Gasteiger partial charge is 0.364 e. The molecule has 11 heteroatoms. The van der Waals surface area contributed by atoms with Gasteiger partial charge in [-0.25, -0.2) is 4.79 Å². The molecule has 0 spiro atoms. The molecule has 0 radical (unpaired) electrons. The van der Waals surface area contributed by atoms with E-state index in [9.17, 15) is 29.7 Å². The number of esters is 1. The molecule has 11 nitrogen and oxygen atoms in total. The van der Waals surface area contributed by atoms with Gasteiger partial charge in [-0.15, -0.1) is 0 Å². The molecule has 1 amide bonds. The van der Waals surface area contributed by atoms with Crippen molar-refractivity contribution in [1.29, 1.82) is 0 Å². The number of aliphatic hydroxyl groups is 4. The Labute approximate surface area is 136 Å². The maximum absolute atomic E-state index is 11.4. The number of carbonyl (C=O) groups excluding carboxylic acids is 2. The van der Waals surface area contributed by atoms with Gasteiger partial charge in [0.05, 0.1) is 19.1 Å². The van der Waals surface area contributed by atoms with E-state index in [0.717, 1.165) is 13.8 Å². The van der Waals surface area contributed by atoms with Crippen LogP contribution in [0.5, 0.6) is 0 Å². The Morgan fingerprint density at radius 3 is 2.33 bits per heavy atom. The van der Waals surface area contributed by atoms with E-state index in [-0.39, 0.29) is 0 Å². The average molecular weight is 351 g/mol. The second-order valence-corrected chi connectivity index (χ2v) is 5.49. The van der Waals surface area contributed by atoms with Gasteiger partial charge in [0.2, 0.25) is 5.91 Å². The van der Waals surface area contributed by atoms with Crippen LogP contribution in [0.15, 0.2) is 0 Å². The summed E-state index contributed by atoms with van der Waals surface area (Å²) < 4.78 is 9.91. The quantitative estimate of drug-likeness (QED) is 0.265. The van der Waals surface area contributed by atoms with Crippen LogP contribution in [0.4, 0.5) is 0 Å². The van der Waals surface area contributed by atoms with Crippen molar-refractivity contribution in [3.63, 3.8) is 0 Å². The zero-order valence-corrected chi connectivity index (χ0v) is 13.1. The number of nitrogens with one attached hydrogen (secondary N) is 1. The summed E-state index contributed by atoms with van der Waals surface area (Å²) in [5, 5.41) is 50.1. The zero-order chi connectivity index (χ0) is 18.7. The molecule has 0 aromatic heterocycles. The van der Waals surface area contributed by atoms with E-state index < -0.39 is 67.1 Å². The lowest BCUT2D eigenvalue weighted by atomic mass is 9.88. The van der Waals surface area contributed by atoms with Gasteiger partial charge in [-0.05, 0) is 0 Å². The summed E-state index contributed by atoms with van der Waals surface area (Å²) in [6.45, 7) is 1.26. The van der Waals surface area contributed by atoms with Crippen molar-refractivity contribution in [1.82, 2.24) is 5.32 Å². The molecule has 1 rings (SSSR count). The Morgan fingerprint density at radius 1 is 1.33 bits per heavy atom. The summed E-state index contributed by atoms with van der Waals surface area (Å²) in [7, 11) is 0. The molecule has 24 heavy (non-hydrogen) atoms. The normalized spacial score (nSPS) is 32.5. The fourth-order valence-electron chi connectivity index (χ4n) is 2.44. The number of rotatable bonds is 6. The van der Waals surface area contributed by atoms with E-state index in [1.807, 2.05) is 0 Å². The van der Waals surface area contributed by atoms with Crippen LogP contribution in [-0.2, 0) is 23.9 Å². The van der Waals surface area contributed by atoms with Gasteiger partial charge in [0.1, 0.15) is 24.4 Å². The first kappa shape index (κ1) is 20.3. The molecule has 6 N–H and O–H groups in total. The van der Waals surface area contributed by atoms with Crippen molar-refractivity contribution in [3.8, 4) is 0 Å². The Bertz CT molecular complexity index is 497. The molecule has 1 heterocycles. The van der Waals surface area contributed by atoms with E-state index in [1.54, 1.807) is 0 Å². The lowest BCUT2D eigenvalue weighted by molar-refractivity contribution is -0.296. The number of aliphatic carboxylic acids is 1. The fraction of sp³-hybridized carbons (Fsp3) is 0.769. The minimum Gasteiger partial charge on any atom is -0.477 e. The first-order valence-electron chi connectivity index (χ1n) is 7.06. The lowest BCUT2D eigenvalue weighted by Gasteiger charge is -2.45. The van der Waals surface area contributed by atoms with E-state index in [0.29, 0.717) is 0 Å². The number of carbonyl (C=O) groups is 3. The first-order chi connectivity index (χ1) is 11.0. The van der Waals surface area contributed by atoms with Crippen LogP contribution in [0.25, 0.3) is 0 Å². The molecule has 0 unspecified atom stereocenters. The predicted molar refractivity (Wildman–Crippen MR) is 74.3 cm³/mol. The summed E-state index contributed by atoms with van der Waals surface area (Å²) >= 11 is 0. The standard InChI is InChI=1S/C13H21NO10/c1-5(16)14-9-8(23-6(2)17)3-13(22,12(20)21)24-11(9)10(19)7(18)4-15/h7-11,15,18-19,22H,3-4H2,1-2H3,(H,14,16)(H,20,21)/t7-,8+,9-,10+,11-,13+/m1/s1. The van der Waals surface area contributed by atoms with E-state index in [1.165, 1.54) is 0 Å². The first-order valence-corrected chi connectivity index (χ1v) is 7.06. The molecule has 138 valence electrons. The molecular formula is C13H21NO10. The summed E-state index contributed by atoms with van der Waals surface area (Å²) in [5.74, 6) is -6.06. The summed E-state index contributed by atoms with van der Waals surface area (Å²) in [6, 6.07) is -1.26. The average Bonchev–Trinajstić information content (AvgIpc) is 2.47. The SMILES string of the molecule is CC(=O)N[C@H]1[C@H]([C@@H](O)[C@H](O)CO)O[C@](O)(C(=O)O)C[C@@H]1OC(C)=O. The lowest BCUT2D eigenvalue weighted by Crippen LogP contribution is -2.67. The highest BCUT2D eigenvalue weighted by molar-refractivity contribution is 5.76. The number of aliphatic hydroxyl groups excluding tert-OH is 3. The number of carboxylic acids is 1. The number of carboxylic acid groups (broad SMARTS) is 1. The van der Waals surface area contributed by atoms with Crippen molar-refractivity contribution in [2.75, 3.05) is 6.61 Å².